The van der Waals surface area contributed by atoms with Crippen molar-refractivity contribution in [1.82, 2.24) is 9.38 Å². The molecule has 0 saturated heterocycles. The number of hydrogen-bond donors (Lipinski definition) is 1. The standard InChI is InChI=1S/C17H15BrN2O2/c1-2-13(17(21)22)16-15(11-6-4-3-5-7-11)19-14-10-12(18)8-9-20(14)16/h3-10,13H,2H2,1H3,(H,21,22). The number of aliphatic carboxylic acids is 1. The van der Waals surface area contributed by atoms with Crippen LogP contribution in [0.2, 0.25) is 0 Å². The number of nitrogens with zero attached hydrogens (tertiary/aromatic N) is 2. The molecule has 0 aliphatic heterocycles. The third kappa shape index (κ3) is 2.52. The van der Waals surface area contributed by atoms with Crippen LogP contribution in [0.1, 0.15) is 25.0 Å². The number of hydrogen-bond acceptors (Lipinski definition) is 2. The van der Waals surface area contributed by atoms with Crippen LogP contribution in [0, 0.1) is 0 Å². The maximum atomic E-state index is 11.7. The zero-order valence-corrected chi connectivity index (χ0v) is 13.6. The highest BCUT2D eigenvalue weighted by molar-refractivity contribution is 9.10. The number of carboxylic acids is 1. The Labute approximate surface area is 136 Å². The molecule has 0 radical (unpaired) electrons. The third-order valence-electron chi connectivity index (χ3n) is 3.71. The molecule has 112 valence electrons. The molecule has 0 saturated carbocycles. The van der Waals surface area contributed by atoms with Crippen LogP contribution < -0.4 is 0 Å². The lowest BCUT2D eigenvalue weighted by atomic mass is 9.97. The molecule has 2 aromatic heterocycles. The zero-order chi connectivity index (χ0) is 15.7. The molecule has 22 heavy (non-hydrogen) atoms. The average Bonchev–Trinajstić information content (AvgIpc) is 2.87. The molecule has 0 spiro atoms. The van der Waals surface area contributed by atoms with Gasteiger partial charge in [-0.2, -0.15) is 0 Å². The van der Waals surface area contributed by atoms with Crippen molar-refractivity contribution in [3.63, 3.8) is 0 Å². The van der Waals surface area contributed by atoms with Gasteiger partial charge in [0.1, 0.15) is 5.65 Å². The summed E-state index contributed by atoms with van der Waals surface area (Å²) in [4.78, 5) is 16.3. The van der Waals surface area contributed by atoms with Crippen molar-refractivity contribution in [3.05, 3.63) is 58.8 Å². The second-order valence-corrected chi connectivity index (χ2v) is 6.00. The first-order valence-electron chi connectivity index (χ1n) is 7.07. The second-order valence-electron chi connectivity index (χ2n) is 5.08. The minimum atomic E-state index is -0.829. The fourth-order valence-electron chi connectivity index (χ4n) is 2.67. The van der Waals surface area contributed by atoms with Crippen LogP contribution in [0.5, 0.6) is 0 Å². The summed E-state index contributed by atoms with van der Waals surface area (Å²) < 4.78 is 2.79. The van der Waals surface area contributed by atoms with Gasteiger partial charge in [0.15, 0.2) is 0 Å². The SMILES string of the molecule is CCC(C(=O)O)c1c(-c2ccccc2)nc2cc(Br)ccn12. The molecule has 1 unspecified atom stereocenters. The van der Waals surface area contributed by atoms with Crippen LogP contribution in [0.3, 0.4) is 0 Å². The smallest absolute Gasteiger partial charge is 0.312 e. The monoisotopic (exact) mass is 358 g/mol. The van der Waals surface area contributed by atoms with Crippen molar-refractivity contribution in [2.24, 2.45) is 0 Å². The van der Waals surface area contributed by atoms with Gasteiger partial charge in [-0.3, -0.25) is 4.79 Å². The number of pyridine rings is 1. The minimum absolute atomic E-state index is 0.513. The van der Waals surface area contributed by atoms with Crippen molar-refractivity contribution < 1.29 is 9.90 Å². The Morgan fingerprint density at radius 3 is 2.68 bits per heavy atom. The Kier molecular flexibility index (Phi) is 3.98. The molecule has 2 heterocycles. The predicted molar refractivity (Wildman–Crippen MR) is 89.0 cm³/mol. The van der Waals surface area contributed by atoms with Gasteiger partial charge in [-0.05, 0) is 18.6 Å². The largest absolute Gasteiger partial charge is 0.481 e. The average molecular weight is 359 g/mol. The number of imidazole rings is 1. The number of benzene rings is 1. The van der Waals surface area contributed by atoms with Gasteiger partial charge in [-0.1, -0.05) is 53.2 Å². The summed E-state index contributed by atoms with van der Waals surface area (Å²) in [7, 11) is 0. The molecule has 1 N–H and O–H groups in total. The molecule has 5 heteroatoms. The Bertz CT molecular complexity index is 827. The van der Waals surface area contributed by atoms with Crippen LogP contribution in [0.25, 0.3) is 16.9 Å². The van der Waals surface area contributed by atoms with E-state index >= 15 is 0 Å². The predicted octanol–water partition coefficient (Wildman–Crippen LogP) is 4.34. The summed E-state index contributed by atoms with van der Waals surface area (Å²) >= 11 is 3.44. The molecule has 1 atom stereocenters. The van der Waals surface area contributed by atoms with E-state index in [9.17, 15) is 9.90 Å². The van der Waals surface area contributed by atoms with E-state index in [2.05, 4.69) is 20.9 Å². The topological polar surface area (TPSA) is 54.6 Å². The van der Waals surface area contributed by atoms with Crippen LogP contribution in [0.15, 0.2) is 53.1 Å². The lowest BCUT2D eigenvalue weighted by Crippen LogP contribution is -2.13. The molecule has 1 aromatic carbocycles. The molecule has 3 aromatic rings. The summed E-state index contributed by atoms with van der Waals surface area (Å²) in [5, 5.41) is 9.58. The van der Waals surface area contributed by atoms with Crippen LogP contribution in [-0.4, -0.2) is 20.5 Å². The Hall–Kier alpha value is -2.14. The maximum absolute atomic E-state index is 11.7. The van der Waals surface area contributed by atoms with E-state index in [1.165, 1.54) is 0 Å². The Balaban J connectivity index is 2.33. The highest BCUT2D eigenvalue weighted by Crippen LogP contribution is 2.32. The summed E-state index contributed by atoms with van der Waals surface area (Å²) in [6.07, 6.45) is 2.37. The van der Waals surface area contributed by atoms with Gasteiger partial charge in [0, 0.05) is 16.2 Å². The molecule has 0 bridgehead atoms. The number of rotatable bonds is 4. The lowest BCUT2D eigenvalue weighted by molar-refractivity contribution is -0.138. The minimum Gasteiger partial charge on any atom is -0.481 e. The zero-order valence-electron chi connectivity index (χ0n) is 12.0. The van der Waals surface area contributed by atoms with Gasteiger partial charge in [-0.15, -0.1) is 0 Å². The van der Waals surface area contributed by atoms with E-state index in [0.717, 1.165) is 27.1 Å². The van der Waals surface area contributed by atoms with E-state index in [4.69, 9.17) is 0 Å². The van der Waals surface area contributed by atoms with Gasteiger partial charge >= 0.3 is 5.97 Å². The van der Waals surface area contributed by atoms with Gasteiger partial charge in [0.05, 0.1) is 17.3 Å². The first-order valence-corrected chi connectivity index (χ1v) is 7.87. The number of aromatic nitrogens is 2. The maximum Gasteiger partial charge on any atom is 0.312 e. The van der Waals surface area contributed by atoms with Gasteiger partial charge in [-0.25, -0.2) is 4.98 Å². The molecular weight excluding hydrogens is 344 g/mol. The van der Waals surface area contributed by atoms with E-state index in [-0.39, 0.29) is 0 Å². The third-order valence-corrected chi connectivity index (χ3v) is 4.20. The highest BCUT2D eigenvalue weighted by atomic mass is 79.9. The Morgan fingerprint density at radius 2 is 2.05 bits per heavy atom. The van der Waals surface area contributed by atoms with Crippen LogP contribution in [0.4, 0.5) is 0 Å². The fraction of sp³-hybridized carbons (Fsp3) is 0.176. The molecule has 0 fully saturated rings. The fourth-order valence-corrected chi connectivity index (χ4v) is 2.99. The van der Waals surface area contributed by atoms with Crippen molar-refractivity contribution >= 4 is 27.5 Å². The molecule has 3 rings (SSSR count). The molecular formula is C17H15BrN2O2. The summed E-state index contributed by atoms with van der Waals surface area (Å²) in [6.45, 7) is 1.88. The van der Waals surface area contributed by atoms with E-state index < -0.39 is 11.9 Å². The van der Waals surface area contributed by atoms with Crippen molar-refractivity contribution in [1.29, 1.82) is 0 Å². The van der Waals surface area contributed by atoms with E-state index in [0.29, 0.717) is 6.42 Å². The quantitative estimate of drug-likeness (QED) is 0.754. The molecule has 0 amide bonds. The number of halogens is 1. The number of carbonyl (C=O) groups is 1. The Morgan fingerprint density at radius 1 is 1.32 bits per heavy atom. The summed E-state index contributed by atoms with van der Waals surface area (Å²) in [5.74, 6) is -1.42. The van der Waals surface area contributed by atoms with Gasteiger partial charge < -0.3 is 9.51 Å². The highest BCUT2D eigenvalue weighted by Gasteiger charge is 2.26. The van der Waals surface area contributed by atoms with E-state index in [1.807, 2.05) is 60.0 Å². The van der Waals surface area contributed by atoms with E-state index in [1.54, 1.807) is 0 Å². The molecule has 0 aliphatic carbocycles. The summed E-state index contributed by atoms with van der Waals surface area (Å²) in [6, 6.07) is 13.5. The molecule has 4 nitrogen and oxygen atoms in total. The van der Waals surface area contributed by atoms with Crippen molar-refractivity contribution in [2.45, 2.75) is 19.3 Å². The lowest BCUT2D eigenvalue weighted by Gasteiger charge is -2.12. The number of fused-ring (bicyclic) bond motifs is 1. The first kappa shape index (κ1) is 14.8. The van der Waals surface area contributed by atoms with Crippen LogP contribution >= 0.6 is 15.9 Å². The summed E-state index contributed by atoms with van der Waals surface area (Å²) in [5.41, 5.74) is 3.12. The van der Waals surface area contributed by atoms with Crippen molar-refractivity contribution in [2.75, 3.05) is 0 Å². The first-order chi connectivity index (χ1) is 10.6. The normalized spacial score (nSPS) is 12.5. The second kappa shape index (κ2) is 5.93. The van der Waals surface area contributed by atoms with Crippen LogP contribution in [-0.2, 0) is 4.79 Å². The van der Waals surface area contributed by atoms with Gasteiger partial charge in [0.2, 0.25) is 0 Å². The van der Waals surface area contributed by atoms with Crippen molar-refractivity contribution in [3.8, 4) is 11.3 Å². The number of carboxylic acid groups (broad SMARTS) is 1. The van der Waals surface area contributed by atoms with Gasteiger partial charge in [0.25, 0.3) is 0 Å². The molecule has 0 aliphatic rings.